The van der Waals surface area contributed by atoms with Gasteiger partial charge in [0, 0.05) is 12.3 Å². The van der Waals surface area contributed by atoms with Crippen molar-refractivity contribution in [2.75, 3.05) is 7.11 Å². The number of nitrogens with one attached hydrogen (secondary N) is 1. The number of piperidine rings is 1. The quantitative estimate of drug-likeness (QED) is 0.609. The fourth-order valence-corrected chi connectivity index (χ4v) is 2.99. The van der Waals surface area contributed by atoms with Crippen molar-refractivity contribution in [3.05, 3.63) is 29.8 Å². The average molecular weight is 261 g/mol. The Morgan fingerprint density at radius 2 is 2.21 bits per heavy atom. The van der Waals surface area contributed by atoms with Gasteiger partial charge in [0.05, 0.1) is 7.11 Å². The summed E-state index contributed by atoms with van der Waals surface area (Å²) in [6.45, 7) is 1.82. The third kappa shape index (κ3) is 1.77. The van der Waals surface area contributed by atoms with Crippen LogP contribution in [0.3, 0.4) is 0 Å². The molecule has 0 radical (unpaired) electrons. The lowest BCUT2D eigenvalue weighted by Gasteiger charge is -2.46. The Hall–Kier alpha value is -2.04. The minimum absolute atomic E-state index is 0.198. The summed E-state index contributed by atoms with van der Waals surface area (Å²) in [5, 5.41) is 2.77. The lowest BCUT2D eigenvalue weighted by atomic mass is 9.75. The molecule has 3 rings (SSSR count). The predicted molar refractivity (Wildman–Crippen MR) is 66.5 cm³/mol. The minimum atomic E-state index is -0.803. The van der Waals surface area contributed by atoms with Crippen LogP contribution in [0.2, 0.25) is 0 Å². The smallest absolute Gasteiger partial charge is 0.318 e. The molecule has 1 fully saturated rings. The molecule has 1 saturated heterocycles. The number of methoxy groups -OCH3 is 1. The van der Waals surface area contributed by atoms with E-state index in [1.165, 1.54) is 7.11 Å². The number of fused-ring (bicyclic) bond motifs is 4. The number of carbonyl (C=O) groups is 2. The summed E-state index contributed by atoms with van der Waals surface area (Å²) in [5.74, 6) is -1.12. The van der Waals surface area contributed by atoms with E-state index in [-0.39, 0.29) is 11.8 Å². The van der Waals surface area contributed by atoms with Crippen LogP contribution in [-0.2, 0) is 14.3 Å². The summed E-state index contributed by atoms with van der Waals surface area (Å²) >= 11 is 0. The van der Waals surface area contributed by atoms with Crippen molar-refractivity contribution in [3.63, 3.8) is 0 Å². The second kappa shape index (κ2) is 3.98. The van der Waals surface area contributed by atoms with Gasteiger partial charge in [-0.15, -0.1) is 0 Å². The van der Waals surface area contributed by atoms with Crippen molar-refractivity contribution in [3.8, 4) is 5.75 Å². The highest BCUT2D eigenvalue weighted by molar-refractivity contribution is 6.00. The first-order valence-electron chi connectivity index (χ1n) is 6.22. The largest absolute Gasteiger partial charge is 0.468 e. The number of rotatable bonds is 1. The van der Waals surface area contributed by atoms with Gasteiger partial charge in [-0.2, -0.15) is 0 Å². The predicted octanol–water partition coefficient (Wildman–Crippen LogP) is 1.19. The number of ether oxygens (including phenoxy) is 2. The topological polar surface area (TPSA) is 64.6 Å². The molecule has 5 heteroatoms. The molecule has 2 bridgehead atoms. The molecule has 0 spiro atoms. The van der Waals surface area contributed by atoms with Crippen LogP contribution in [0.1, 0.15) is 24.8 Å². The van der Waals surface area contributed by atoms with Crippen molar-refractivity contribution in [2.24, 2.45) is 5.92 Å². The minimum Gasteiger partial charge on any atom is -0.468 e. The average Bonchev–Trinajstić information content (AvgIpc) is 2.37. The van der Waals surface area contributed by atoms with E-state index >= 15 is 0 Å². The van der Waals surface area contributed by atoms with E-state index in [1.807, 2.05) is 31.2 Å². The van der Waals surface area contributed by atoms with Crippen LogP contribution in [0.15, 0.2) is 24.3 Å². The molecule has 0 unspecified atom stereocenters. The SMILES string of the molecule is COC(=O)[C@H]1C(=O)N[C@@]2(C)C[C@@H]1c1ccccc1O2. The molecule has 0 aliphatic carbocycles. The van der Waals surface area contributed by atoms with Crippen molar-refractivity contribution in [2.45, 2.75) is 25.0 Å². The maximum atomic E-state index is 12.1. The normalized spacial score (nSPS) is 31.8. The Bertz CT molecular complexity index is 556. The highest BCUT2D eigenvalue weighted by atomic mass is 16.5. The van der Waals surface area contributed by atoms with Gasteiger partial charge in [0.25, 0.3) is 0 Å². The zero-order valence-electron chi connectivity index (χ0n) is 10.8. The fourth-order valence-electron chi connectivity index (χ4n) is 2.99. The molecule has 2 aliphatic rings. The van der Waals surface area contributed by atoms with Crippen LogP contribution < -0.4 is 10.1 Å². The standard InChI is InChI=1S/C14H15NO4/c1-14-7-9(8-5-3-4-6-10(8)19-14)11(12(16)15-14)13(17)18-2/h3-6,9,11H,7H2,1-2H3,(H,15,16)/t9-,11-,14-/m1/s1. The zero-order valence-corrected chi connectivity index (χ0v) is 10.8. The summed E-state index contributed by atoms with van der Waals surface area (Å²) in [4.78, 5) is 24.0. The van der Waals surface area contributed by atoms with E-state index in [0.717, 1.165) is 11.3 Å². The van der Waals surface area contributed by atoms with Gasteiger partial charge >= 0.3 is 5.97 Å². The maximum Gasteiger partial charge on any atom is 0.318 e. The molecule has 0 saturated carbocycles. The second-order valence-electron chi connectivity index (χ2n) is 5.17. The molecule has 1 N–H and O–H groups in total. The molecular weight excluding hydrogens is 246 g/mol. The van der Waals surface area contributed by atoms with E-state index in [2.05, 4.69) is 5.32 Å². The van der Waals surface area contributed by atoms with Gasteiger partial charge in [0.2, 0.25) is 5.91 Å². The number of amides is 1. The Kier molecular flexibility index (Phi) is 2.52. The number of carbonyl (C=O) groups excluding carboxylic acids is 2. The second-order valence-corrected chi connectivity index (χ2v) is 5.17. The maximum absolute atomic E-state index is 12.1. The summed E-state index contributed by atoms with van der Waals surface area (Å²) in [6, 6.07) is 7.50. The van der Waals surface area contributed by atoms with Gasteiger partial charge < -0.3 is 14.8 Å². The summed E-state index contributed by atoms with van der Waals surface area (Å²) in [5.41, 5.74) is 0.144. The third-order valence-corrected chi connectivity index (χ3v) is 3.79. The van der Waals surface area contributed by atoms with E-state index in [4.69, 9.17) is 9.47 Å². The van der Waals surface area contributed by atoms with Crippen molar-refractivity contribution < 1.29 is 19.1 Å². The van der Waals surface area contributed by atoms with Crippen LogP contribution in [0.25, 0.3) is 0 Å². The summed E-state index contributed by atoms with van der Waals surface area (Å²) in [7, 11) is 1.30. The van der Waals surface area contributed by atoms with E-state index in [0.29, 0.717) is 6.42 Å². The van der Waals surface area contributed by atoms with Gasteiger partial charge in [-0.25, -0.2) is 0 Å². The molecule has 1 aromatic rings. The lowest BCUT2D eigenvalue weighted by Crippen LogP contribution is -2.62. The van der Waals surface area contributed by atoms with Crippen molar-refractivity contribution in [1.82, 2.24) is 5.32 Å². The molecule has 5 nitrogen and oxygen atoms in total. The van der Waals surface area contributed by atoms with Gasteiger partial charge in [-0.05, 0) is 18.6 Å². The highest BCUT2D eigenvalue weighted by Gasteiger charge is 2.52. The van der Waals surface area contributed by atoms with Crippen molar-refractivity contribution >= 4 is 11.9 Å². The molecule has 2 heterocycles. The number of esters is 1. The first-order valence-corrected chi connectivity index (χ1v) is 6.22. The van der Waals surface area contributed by atoms with Crippen LogP contribution in [0.4, 0.5) is 0 Å². The van der Waals surface area contributed by atoms with Gasteiger partial charge in [-0.3, -0.25) is 9.59 Å². The molecule has 3 atom stereocenters. The molecule has 2 aliphatic heterocycles. The van der Waals surface area contributed by atoms with Crippen molar-refractivity contribution in [1.29, 1.82) is 0 Å². The summed E-state index contributed by atoms with van der Waals surface area (Å²) < 4.78 is 10.6. The first-order chi connectivity index (χ1) is 9.04. The van der Waals surface area contributed by atoms with Crippen LogP contribution in [0.5, 0.6) is 5.75 Å². The number of para-hydroxylation sites is 1. The lowest BCUT2D eigenvalue weighted by molar-refractivity contribution is -0.158. The van der Waals surface area contributed by atoms with E-state index in [9.17, 15) is 9.59 Å². The zero-order chi connectivity index (χ0) is 13.6. The van der Waals surface area contributed by atoms with E-state index < -0.39 is 17.6 Å². The number of hydrogen-bond donors (Lipinski definition) is 1. The van der Waals surface area contributed by atoms with Gasteiger partial charge in [0.15, 0.2) is 5.72 Å². The monoisotopic (exact) mass is 261 g/mol. The number of hydrogen-bond acceptors (Lipinski definition) is 4. The van der Waals surface area contributed by atoms with Gasteiger partial charge in [0.1, 0.15) is 11.7 Å². The Morgan fingerprint density at radius 1 is 1.47 bits per heavy atom. The van der Waals surface area contributed by atoms with Gasteiger partial charge in [-0.1, -0.05) is 18.2 Å². The third-order valence-electron chi connectivity index (χ3n) is 3.79. The Labute approximate surface area is 110 Å². The molecule has 100 valence electrons. The van der Waals surface area contributed by atoms with Crippen LogP contribution >= 0.6 is 0 Å². The number of benzene rings is 1. The van der Waals surface area contributed by atoms with Crippen LogP contribution in [0, 0.1) is 5.92 Å². The van der Waals surface area contributed by atoms with Crippen LogP contribution in [-0.4, -0.2) is 24.7 Å². The Morgan fingerprint density at radius 3 is 2.95 bits per heavy atom. The molecule has 1 amide bonds. The molecule has 1 aromatic carbocycles. The Balaban J connectivity index is 2.10. The summed E-state index contributed by atoms with van der Waals surface area (Å²) in [6.07, 6.45) is 0.565. The van der Waals surface area contributed by atoms with E-state index in [1.54, 1.807) is 0 Å². The first kappa shape index (κ1) is 12.0. The fraction of sp³-hybridized carbons (Fsp3) is 0.429. The molecular formula is C14H15NO4. The highest BCUT2D eigenvalue weighted by Crippen LogP contribution is 2.46. The molecule has 0 aromatic heterocycles. The molecule has 19 heavy (non-hydrogen) atoms.